The van der Waals surface area contributed by atoms with Gasteiger partial charge in [-0.25, -0.2) is 0 Å². The molecular formula is C14H19ClN2O. The Morgan fingerprint density at radius 1 is 1.50 bits per heavy atom. The third-order valence-electron chi connectivity index (χ3n) is 3.46. The first-order valence-electron chi connectivity index (χ1n) is 6.37. The normalized spacial score (nSPS) is 23.7. The van der Waals surface area contributed by atoms with Crippen molar-refractivity contribution in [1.29, 1.82) is 0 Å². The van der Waals surface area contributed by atoms with Crippen LogP contribution in [0.2, 0.25) is 5.02 Å². The molecule has 0 radical (unpaired) electrons. The monoisotopic (exact) mass is 266 g/mol. The van der Waals surface area contributed by atoms with Crippen LogP contribution in [0, 0.1) is 12.8 Å². The summed E-state index contributed by atoms with van der Waals surface area (Å²) < 4.78 is 0. The van der Waals surface area contributed by atoms with E-state index in [0.717, 1.165) is 30.6 Å². The van der Waals surface area contributed by atoms with Crippen LogP contribution >= 0.6 is 11.6 Å². The van der Waals surface area contributed by atoms with Gasteiger partial charge in [0.2, 0.25) is 5.91 Å². The highest BCUT2D eigenvalue weighted by Gasteiger charge is 2.25. The largest absolute Gasteiger partial charge is 0.324 e. The molecule has 1 aliphatic heterocycles. The molecule has 3 nitrogen and oxygen atoms in total. The Labute approximate surface area is 113 Å². The number of benzene rings is 1. The second-order valence-electron chi connectivity index (χ2n) is 5.00. The van der Waals surface area contributed by atoms with Gasteiger partial charge in [0, 0.05) is 12.0 Å². The Morgan fingerprint density at radius 2 is 2.28 bits per heavy atom. The second-order valence-corrected chi connectivity index (χ2v) is 5.40. The van der Waals surface area contributed by atoms with Gasteiger partial charge in [-0.05, 0) is 44.9 Å². The van der Waals surface area contributed by atoms with Crippen LogP contribution < -0.4 is 10.6 Å². The van der Waals surface area contributed by atoms with E-state index < -0.39 is 0 Å². The topological polar surface area (TPSA) is 41.1 Å². The summed E-state index contributed by atoms with van der Waals surface area (Å²) in [7, 11) is 0. The molecule has 1 aliphatic rings. The summed E-state index contributed by atoms with van der Waals surface area (Å²) in [6.45, 7) is 4.97. The van der Waals surface area contributed by atoms with Gasteiger partial charge in [-0.2, -0.15) is 0 Å². The van der Waals surface area contributed by atoms with Crippen LogP contribution in [0.3, 0.4) is 0 Å². The predicted octanol–water partition coefficient (Wildman–Crippen LogP) is 2.98. The van der Waals surface area contributed by atoms with E-state index in [9.17, 15) is 4.79 Å². The second kappa shape index (κ2) is 5.72. The first-order chi connectivity index (χ1) is 8.58. The van der Waals surface area contributed by atoms with Crippen LogP contribution in [0.5, 0.6) is 0 Å². The fourth-order valence-electron chi connectivity index (χ4n) is 2.39. The molecule has 0 bridgehead atoms. The molecule has 2 unspecified atom stereocenters. The number of para-hydroxylation sites is 1. The van der Waals surface area contributed by atoms with Crippen molar-refractivity contribution in [3.63, 3.8) is 0 Å². The Balaban J connectivity index is 2.07. The minimum atomic E-state index is 0.0805. The molecule has 2 rings (SSSR count). The maximum absolute atomic E-state index is 12.2. The van der Waals surface area contributed by atoms with E-state index in [1.165, 1.54) is 0 Å². The van der Waals surface area contributed by atoms with Crippen LogP contribution in [-0.2, 0) is 4.79 Å². The number of hydrogen-bond donors (Lipinski definition) is 2. The molecule has 1 amide bonds. The molecule has 0 spiro atoms. The smallest absolute Gasteiger partial charge is 0.227 e. The van der Waals surface area contributed by atoms with Crippen LogP contribution in [0.4, 0.5) is 5.69 Å². The van der Waals surface area contributed by atoms with Crippen molar-refractivity contribution < 1.29 is 4.79 Å². The maximum atomic E-state index is 12.2. The highest BCUT2D eigenvalue weighted by atomic mass is 35.5. The first kappa shape index (κ1) is 13.4. The SMILES string of the molecule is Cc1cccc(Cl)c1NC(=O)C1CCNC(C)C1. The molecule has 18 heavy (non-hydrogen) atoms. The molecule has 1 fully saturated rings. The molecular weight excluding hydrogens is 248 g/mol. The molecule has 4 heteroatoms. The minimum absolute atomic E-state index is 0.0805. The van der Waals surface area contributed by atoms with Gasteiger partial charge in [0.1, 0.15) is 0 Å². The molecule has 0 aromatic heterocycles. The summed E-state index contributed by atoms with van der Waals surface area (Å²) in [6.07, 6.45) is 1.77. The van der Waals surface area contributed by atoms with Gasteiger partial charge in [-0.15, -0.1) is 0 Å². The third-order valence-corrected chi connectivity index (χ3v) is 3.78. The third kappa shape index (κ3) is 3.03. The molecule has 0 saturated carbocycles. The van der Waals surface area contributed by atoms with Gasteiger partial charge in [0.25, 0.3) is 0 Å². The maximum Gasteiger partial charge on any atom is 0.227 e. The van der Waals surface area contributed by atoms with Crippen molar-refractivity contribution in [2.24, 2.45) is 5.92 Å². The molecule has 1 aromatic carbocycles. The van der Waals surface area contributed by atoms with Crippen LogP contribution in [-0.4, -0.2) is 18.5 Å². The van der Waals surface area contributed by atoms with Crippen molar-refractivity contribution in [1.82, 2.24) is 5.32 Å². The highest BCUT2D eigenvalue weighted by molar-refractivity contribution is 6.33. The number of piperidine rings is 1. The van der Waals surface area contributed by atoms with E-state index in [4.69, 9.17) is 11.6 Å². The average Bonchev–Trinajstić information content (AvgIpc) is 2.34. The summed E-state index contributed by atoms with van der Waals surface area (Å²) in [5.41, 5.74) is 1.74. The average molecular weight is 267 g/mol. The number of nitrogens with one attached hydrogen (secondary N) is 2. The number of amides is 1. The van der Waals surface area contributed by atoms with E-state index in [0.29, 0.717) is 11.1 Å². The molecule has 1 heterocycles. The fraction of sp³-hybridized carbons (Fsp3) is 0.500. The van der Waals surface area contributed by atoms with Crippen molar-refractivity contribution in [2.75, 3.05) is 11.9 Å². The number of anilines is 1. The van der Waals surface area contributed by atoms with Gasteiger partial charge in [-0.1, -0.05) is 23.7 Å². The lowest BCUT2D eigenvalue weighted by atomic mass is 9.92. The number of rotatable bonds is 2. The number of carbonyl (C=O) groups excluding carboxylic acids is 1. The first-order valence-corrected chi connectivity index (χ1v) is 6.75. The summed E-state index contributed by atoms with van der Waals surface area (Å²) in [5, 5.41) is 6.92. The summed E-state index contributed by atoms with van der Waals surface area (Å²) in [6, 6.07) is 6.05. The van der Waals surface area contributed by atoms with Crippen molar-refractivity contribution >= 4 is 23.2 Å². The van der Waals surface area contributed by atoms with Gasteiger partial charge < -0.3 is 10.6 Å². The number of aryl methyl sites for hydroxylation is 1. The Morgan fingerprint density at radius 3 is 2.94 bits per heavy atom. The van der Waals surface area contributed by atoms with Crippen molar-refractivity contribution in [2.45, 2.75) is 32.7 Å². The number of halogens is 1. The Bertz CT molecular complexity index is 427. The lowest BCUT2D eigenvalue weighted by Crippen LogP contribution is -2.40. The highest BCUT2D eigenvalue weighted by Crippen LogP contribution is 2.27. The van der Waals surface area contributed by atoms with Crippen molar-refractivity contribution in [3.05, 3.63) is 28.8 Å². The lowest BCUT2D eigenvalue weighted by Gasteiger charge is -2.27. The lowest BCUT2D eigenvalue weighted by molar-refractivity contribution is -0.120. The fourth-order valence-corrected chi connectivity index (χ4v) is 2.65. The number of carbonyl (C=O) groups is 1. The zero-order valence-electron chi connectivity index (χ0n) is 10.8. The quantitative estimate of drug-likeness (QED) is 0.864. The van der Waals surface area contributed by atoms with Crippen LogP contribution in [0.15, 0.2) is 18.2 Å². The predicted molar refractivity (Wildman–Crippen MR) is 75.0 cm³/mol. The molecule has 2 N–H and O–H groups in total. The minimum Gasteiger partial charge on any atom is -0.324 e. The van der Waals surface area contributed by atoms with E-state index in [-0.39, 0.29) is 11.8 Å². The zero-order valence-corrected chi connectivity index (χ0v) is 11.6. The van der Waals surface area contributed by atoms with E-state index in [1.54, 1.807) is 6.07 Å². The molecule has 0 aliphatic carbocycles. The zero-order chi connectivity index (χ0) is 13.1. The van der Waals surface area contributed by atoms with Gasteiger partial charge in [-0.3, -0.25) is 4.79 Å². The van der Waals surface area contributed by atoms with Gasteiger partial charge in [0.15, 0.2) is 0 Å². The summed E-state index contributed by atoms with van der Waals surface area (Å²) >= 11 is 6.11. The molecule has 1 aromatic rings. The Hall–Kier alpha value is -1.06. The van der Waals surface area contributed by atoms with Gasteiger partial charge >= 0.3 is 0 Å². The molecule has 98 valence electrons. The molecule has 2 atom stereocenters. The Kier molecular flexibility index (Phi) is 4.25. The van der Waals surface area contributed by atoms with E-state index >= 15 is 0 Å². The van der Waals surface area contributed by atoms with Crippen LogP contribution in [0.25, 0.3) is 0 Å². The number of hydrogen-bond acceptors (Lipinski definition) is 2. The molecule has 1 saturated heterocycles. The van der Waals surface area contributed by atoms with Gasteiger partial charge in [0.05, 0.1) is 10.7 Å². The summed E-state index contributed by atoms with van der Waals surface area (Å²) in [5.74, 6) is 0.163. The van der Waals surface area contributed by atoms with E-state index in [2.05, 4.69) is 17.6 Å². The van der Waals surface area contributed by atoms with Crippen LogP contribution in [0.1, 0.15) is 25.3 Å². The van der Waals surface area contributed by atoms with E-state index in [1.807, 2.05) is 19.1 Å². The standard InChI is InChI=1S/C14H19ClN2O/c1-9-4-3-5-12(15)13(9)17-14(18)11-6-7-16-10(2)8-11/h3-5,10-11,16H,6-8H2,1-2H3,(H,17,18). The van der Waals surface area contributed by atoms with Crippen molar-refractivity contribution in [3.8, 4) is 0 Å². The summed E-state index contributed by atoms with van der Waals surface area (Å²) in [4.78, 5) is 12.2.